The average Bonchev–Trinajstić information content (AvgIpc) is 2.87. The monoisotopic (exact) mass is 477 g/mol. The van der Waals surface area contributed by atoms with E-state index in [1.807, 2.05) is 36.4 Å². The van der Waals surface area contributed by atoms with Gasteiger partial charge in [0.1, 0.15) is 11.6 Å². The molecule has 5 heteroatoms. The second kappa shape index (κ2) is 11.9. The summed E-state index contributed by atoms with van der Waals surface area (Å²) in [6.45, 7) is 2.89. The number of unbranched alkanes of at least 4 members (excludes halogenated alkanes) is 2. The van der Waals surface area contributed by atoms with Crippen LogP contribution in [-0.4, -0.2) is 11.6 Å². The van der Waals surface area contributed by atoms with Crippen molar-refractivity contribution in [2.24, 2.45) is 0 Å². The van der Waals surface area contributed by atoms with Gasteiger partial charge in [-0.25, -0.2) is 13.2 Å². The van der Waals surface area contributed by atoms with Crippen LogP contribution in [0.5, 0.6) is 5.75 Å². The fourth-order valence-corrected chi connectivity index (χ4v) is 4.17. The molecule has 0 aliphatic rings. The number of halogens is 3. The molecule has 0 atom stereocenters. The Bertz CT molecular complexity index is 1270. The number of hydrogen-bond acceptors (Lipinski definition) is 2. The van der Waals surface area contributed by atoms with Gasteiger partial charge in [0.05, 0.1) is 12.8 Å². The first-order chi connectivity index (χ1) is 17.0. The van der Waals surface area contributed by atoms with E-state index in [9.17, 15) is 8.78 Å². The van der Waals surface area contributed by atoms with E-state index in [1.165, 1.54) is 25.0 Å². The number of aromatic nitrogens is 1. The highest BCUT2D eigenvalue weighted by molar-refractivity contribution is 5.84. The van der Waals surface area contributed by atoms with Crippen molar-refractivity contribution in [1.82, 2.24) is 4.98 Å². The smallest absolute Gasteiger partial charge is 0.159 e. The normalized spacial score (nSPS) is 11.2. The summed E-state index contributed by atoms with van der Waals surface area (Å²) in [6.07, 6.45) is 7.61. The van der Waals surface area contributed by atoms with Crippen LogP contribution < -0.4 is 4.74 Å². The third kappa shape index (κ3) is 6.62. The van der Waals surface area contributed by atoms with Gasteiger partial charge in [-0.3, -0.25) is 4.98 Å². The second-order valence-corrected chi connectivity index (χ2v) is 8.88. The molecular weight excluding hydrogens is 447 g/mol. The summed E-state index contributed by atoms with van der Waals surface area (Å²) in [5.74, 6) is -1.21. The van der Waals surface area contributed by atoms with Gasteiger partial charge < -0.3 is 4.74 Å². The minimum atomic E-state index is -0.879. The third-order valence-corrected chi connectivity index (χ3v) is 6.25. The van der Waals surface area contributed by atoms with Crippen molar-refractivity contribution in [3.63, 3.8) is 0 Å². The van der Waals surface area contributed by atoms with Gasteiger partial charge in [0.2, 0.25) is 0 Å². The summed E-state index contributed by atoms with van der Waals surface area (Å²) in [5.41, 5.74) is 3.32. The van der Waals surface area contributed by atoms with Gasteiger partial charge in [-0.15, -0.1) is 0 Å². The van der Waals surface area contributed by atoms with Crippen LogP contribution in [0.15, 0.2) is 66.9 Å². The Labute approximate surface area is 204 Å². The van der Waals surface area contributed by atoms with E-state index in [0.29, 0.717) is 29.4 Å². The van der Waals surface area contributed by atoms with Crippen LogP contribution in [0.25, 0.3) is 10.8 Å². The zero-order chi connectivity index (χ0) is 24.6. The molecule has 0 aliphatic carbocycles. The summed E-state index contributed by atoms with van der Waals surface area (Å²) in [4.78, 5) is 4.51. The topological polar surface area (TPSA) is 22.1 Å². The lowest BCUT2D eigenvalue weighted by Gasteiger charge is -2.09. The second-order valence-electron chi connectivity index (χ2n) is 8.88. The number of ether oxygens (including phenoxy) is 1. The van der Waals surface area contributed by atoms with E-state index in [1.54, 1.807) is 12.3 Å². The molecule has 0 aliphatic heterocycles. The van der Waals surface area contributed by atoms with Crippen molar-refractivity contribution in [1.29, 1.82) is 0 Å². The molecule has 182 valence electrons. The summed E-state index contributed by atoms with van der Waals surface area (Å²) < 4.78 is 47.4. The van der Waals surface area contributed by atoms with Gasteiger partial charge in [0.25, 0.3) is 0 Å². The minimum Gasteiger partial charge on any atom is -0.492 e. The molecule has 0 fully saturated rings. The highest BCUT2D eigenvalue weighted by Gasteiger charge is 2.10. The minimum absolute atomic E-state index is 0.257. The van der Waals surface area contributed by atoms with E-state index < -0.39 is 11.6 Å². The molecule has 0 spiro atoms. The Balaban J connectivity index is 1.35. The van der Waals surface area contributed by atoms with Gasteiger partial charge in [0, 0.05) is 11.1 Å². The van der Waals surface area contributed by atoms with E-state index in [4.69, 9.17) is 4.74 Å². The van der Waals surface area contributed by atoms with E-state index in [-0.39, 0.29) is 5.82 Å². The molecule has 2 nitrogen and oxygen atoms in total. The van der Waals surface area contributed by atoms with Crippen LogP contribution in [-0.2, 0) is 25.7 Å². The Morgan fingerprint density at radius 1 is 0.743 bits per heavy atom. The van der Waals surface area contributed by atoms with Crippen molar-refractivity contribution >= 4 is 10.8 Å². The van der Waals surface area contributed by atoms with Gasteiger partial charge in [-0.2, -0.15) is 0 Å². The van der Waals surface area contributed by atoms with Crippen molar-refractivity contribution in [2.75, 3.05) is 6.61 Å². The van der Waals surface area contributed by atoms with E-state index in [2.05, 4.69) is 11.9 Å². The number of rotatable bonds is 11. The molecule has 0 N–H and O–H groups in total. The van der Waals surface area contributed by atoms with Crippen LogP contribution in [0.2, 0.25) is 0 Å². The summed E-state index contributed by atoms with van der Waals surface area (Å²) >= 11 is 0. The van der Waals surface area contributed by atoms with Crippen molar-refractivity contribution in [3.8, 4) is 5.75 Å². The molecule has 3 aromatic carbocycles. The standard InChI is InChI=1S/C30H30F3NO/c1-2-3-4-17-35-26-14-13-25(34-20-26)12-6-21-7-15-27-24(18-21)11-10-23(30(27)33)9-5-22-8-16-28(31)29(32)19-22/h7-8,10-11,13-16,18-20H,2-6,9,12,17H2,1H3. The molecule has 4 rings (SSSR count). The van der Waals surface area contributed by atoms with Crippen molar-refractivity contribution in [2.45, 2.75) is 51.9 Å². The van der Waals surface area contributed by atoms with E-state index in [0.717, 1.165) is 54.3 Å². The maximum Gasteiger partial charge on any atom is 0.159 e. The van der Waals surface area contributed by atoms with Crippen LogP contribution >= 0.6 is 0 Å². The van der Waals surface area contributed by atoms with Gasteiger partial charge >= 0.3 is 0 Å². The van der Waals surface area contributed by atoms with Crippen LogP contribution in [0, 0.1) is 17.5 Å². The largest absolute Gasteiger partial charge is 0.492 e. The van der Waals surface area contributed by atoms with Gasteiger partial charge in [0.15, 0.2) is 11.6 Å². The van der Waals surface area contributed by atoms with Crippen LogP contribution in [0.4, 0.5) is 13.2 Å². The Morgan fingerprint density at radius 2 is 1.54 bits per heavy atom. The molecule has 0 unspecified atom stereocenters. The summed E-state index contributed by atoms with van der Waals surface area (Å²) in [5, 5.41) is 1.42. The lowest BCUT2D eigenvalue weighted by Crippen LogP contribution is -1.99. The van der Waals surface area contributed by atoms with Gasteiger partial charge in [-0.05, 0) is 78.4 Å². The summed E-state index contributed by atoms with van der Waals surface area (Å²) in [6, 6.07) is 17.3. The number of hydrogen-bond donors (Lipinski definition) is 0. The summed E-state index contributed by atoms with van der Waals surface area (Å²) in [7, 11) is 0. The SMILES string of the molecule is CCCCCOc1ccc(CCc2ccc3c(F)c(CCc4ccc(F)c(F)c4)ccc3c2)nc1. The number of nitrogens with zero attached hydrogens (tertiary/aromatic N) is 1. The predicted molar refractivity (Wildman–Crippen MR) is 134 cm³/mol. The maximum atomic E-state index is 15.1. The predicted octanol–water partition coefficient (Wildman–Crippen LogP) is 7.79. The molecule has 1 aromatic heterocycles. The molecule has 0 saturated heterocycles. The maximum absolute atomic E-state index is 15.1. The Hall–Kier alpha value is -3.34. The van der Waals surface area contributed by atoms with Crippen molar-refractivity contribution in [3.05, 3.63) is 107 Å². The fourth-order valence-electron chi connectivity index (χ4n) is 4.17. The average molecular weight is 478 g/mol. The fraction of sp³-hybridized carbons (Fsp3) is 0.300. The molecular formula is C30H30F3NO. The molecule has 0 saturated carbocycles. The highest BCUT2D eigenvalue weighted by Crippen LogP contribution is 2.24. The molecule has 0 amide bonds. The number of benzene rings is 3. The zero-order valence-corrected chi connectivity index (χ0v) is 20.0. The van der Waals surface area contributed by atoms with E-state index >= 15 is 4.39 Å². The molecule has 0 bridgehead atoms. The molecule has 0 radical (unpaired) electrons. The first-order valence-corrected chi connectivity index (χ1v) is 12.2. The first-order valence-electron chi connectivity index (χ1n) is 12.2. The van der Waals surface area contributed by atoms with Gasteiger partial charge in [-0.1, -0.05) is 56.2 Å². The van der Waals surface area contributed by atoms with Crippen molar-refractivity contribution < 1.29 is 17.9 Å². The quantitative estimate of drug-likeness (QED) is 0.206. The van der Waals surface area contributed by atoms with Crippen LogP contribution in [0.1, 0.15) is 48.6 Å². The van der Waals surface area contributed by atoms with Crippen LogP contribution in [0.3, 0.4) is 0 Å². The molecule has 4 aromatic rings. The molecule has 1 heterocycles. The third-order valence-electron chi connectivity index (χ3n) is 6.25. The number of aryl methyl sites for hydroxylation is 4. The first kappa shape index (κ1) is 24.8. The Kier molecular flexibility index (Phi) is 8.40. The zero-order valence-electron chi connectivity index (χ0n) is 20.0. The lowest BCUT2D eigenvalue weighted by molar-refractivity contribution is 0.305. The highest BCUT2D eigenvalue weighted by atomic mass is 19.2. The number of fused-ring (bicyclic) bond motifs is 1. The number of pyridine rings is 1. The lowest BCUT2D eigenvalue weighted by atomic mass is 9.98. The Morgan fingerprint density at radius 3 is 2.31 bits per heavy atom. The molecule has 35 heavy (non-hydrogen) atoms.